The zero-order valence-electron chi connectivity index (χ0n) is 17.4. The first-order chi connectivity index (χ1) is 14.3. The molecule has 1 saturated carbocycles. The summed E-state index contributed by atoms with van der Waals surface area (Å²) in [6, 6.07) is 9.34. The van der Waals surface area contributed by atoms with Gasteiger partial charge >= 0.3 is 0 Å². The smallest absolute Gasteiger partial charge is 0.263 e. The maximum Gasteiger partial charge on any atom is 0.263 e. The van der Waals surface area contributed by atoms with Crippen molar-refractivity contribution in [1.82, 2.24) is 15.2 Å². The van der Waals surface area contributed by atoms with E-state index in [9.17, 15) is 18.8 Å². The van der Waals surface area contributed by atoms with E-state index in [1.165, 1.54) is 29.0 Å². The van der Waals surface area contributed by atoms with Crippen LogP contribution in [0.15, 0.2) is 47.4 Å². The highest BCUT2D eigenvalue weighted by atomic mass is 19.1. The minimum atomic E-state index is -0.504. The molecule has 1 heterocycles. The number of carbonyl (C=O) groups excluding carboxylic acids is 2. The summed E-state index contributed by atoms with van der Waals surface area (Å²) in [6.07, 6.45) is 5.65. The van der Waals surface area contributed by atoms with Crippen molar-refractivity contribution >= 4 is 11.8 Å². The molecule has 2 amide bonds. The molecule has 3 rings (SSSR count). The third kappa shape index (κ3) is 5.34. The van der Waals surface area contributed by atoms with E-state index >= 15 is 0 Å². The molecule has 0 bridgehead atoms. The highest BCUT2D eigenvalue weighted by Crippen LogP contribution is 2.22. The summed E-state index contributed by atoms with van der Waals surface area (Å²) < 4.78 is 14.4. The Bertz CT molecular complexity index is 960. The number of nitrogens with zero attached hydrogens (tertiary/aromatic N) is 1. The first-order valence-electron chi connectivity index (χ1n) is 10.3. The molecular formula is C23H28FN3O3. The van der Waals surface area contributed by atoms with Crippen LogP contribution < -0.4 is 16.2 Å². The van der Waals surface area contributed by atoms with Gasteiger partial charge in [0.05, 0.1) is 0 Å². The number of halogens is 1. The maximum absolute atomic E-state index is 13.2. The number of hydrogen-bond donors (Lipinski definition) is 2. The van der Waals surface area contributed by atoms with Crippen molar-refractivity contribution < 1.29 is 14.0 Å². The first kappa shape index (κ1) is 21.7. The van der Waals surface area contributed by atoms with Crippen LogP contribution in [0.25, 0.3) is 0 Å². The number of amides is 2. The van der Waals surface area contributed by atoms with E-state index in [0.29, 0.717) is 0 Å². The standard InChI is InChI=1S/C23H28FN3O3/c1-23(2,16-9-11-17(24)12-10-16)15-25-21(29)19-8-5-13-27(22(19)30)14-20(28)26-18-6-3-4-7-18/h5,8-13,18H,3-4,6-7,14-15H2,1-2H3,(H,25,29)(H,26,28). The molecule has 0 saturated heterocycles. The summed E-state index contributed by atoms with van der Waals surface area (Å²) in [6.45, 7) is 4.01. The van der Waals surface area contributed by atoms with Gasteiger partial charge in [0, 0.05) is 24.2 Å². The summed E-state index contributed by atoms with van der Waals surface area (Å²) in [5, 5.41) is 5.73. The second-order valence-corrected chi connectivity index (χ2v) is 8.48. The molecule has 0 spiro atoms. The van der Waals surface area contributed by atoms with Crippen molar-refractivity contribution in [2.24, 2.45) is 0 Å². The monoisotopic (exact) mass is 413 g/mol. The van der Waals surface area contributed by atoms with Gasteiger partial charge in [-0.25, -0.2) is 4.39 Å². The molecule has 1 aromatic heterocycles. The van der Waals surface area contributed by atoms with Gasteiger partial charge in [-0.15, -0.1) is 0 Å². The topological polar surface area (TPSA) is 80.2 Å². The number of nitrogens with one attached hydrogen (secondary N) is 2. The van der Waals surface area contributed by atoms with E-state index in [-0.39, 0.29) is 36.4 Å². The lowest BCUT2D eigenvalue weighted by molar-refractivity contribution is -0.122. The molecule has 0 unspecified atom stereocenters. The molecule has 160 valence electrons. The highest BCUT2D eigenvalue weighted by molar-refractivity contribution is 5.93. The minimum Gasteiger partial charge on any atom is -0.352 e. The Labute approximate surface area is 175 Å². The highest BCUT2D eigenvalue weighted by Gasteiger charge is 2.23. The molecule has 0 aliphatic heterocycles. The number of aromatic nitrogens is 1. The lowest BCUT2D eigenvalue weighted by Crippen LogP contribution is -2.41. The van der Waals surface area contributed by atoms with E-state index in [0.717, 1.165) is 31.2 Å². The van der Waals surface area contributed by atoms with E-state index in [1.807, 2.05) is 13.8 Å². The van der Waals surface area contributed by atoms with Crippen LogP contribution in [0.5, 0.6) is 0 Å². The van der Waals surface area contributed by atoms with E-state index < -0.39 is 16.9 Å². The van der Waals surface area contributed by atoms with Crippen molar-refractivity contribution in [2.45, 2.75) is 57.5 Å². The second kappa shape index (κ2) is 9.24. The summed E-state index contributed by atoms with van der Waals surface area (Å²) in [5.41, 5.74) is -0.0892. The molecule has 1 fully saturated rings. The third-order valence-corrected chi connectivity index (χ3v) is 5.62. The van der Waals surface area contributed by atoms with Crippen LogP contribution in [0, 0.1) is 5.82 Å². The molecule has 1 aliphatic rings. The van der Waals surface area contributed by atoms with E-state index in [2.05, 4.69) is 10.6 Å². The van der Waals surface area contributed by atoms with Crippen molar-refractivity contribution in [3.05, 3.63) is 69.9 Å². The lowest BCUT2D eigenvalue weighted by Gasteiger charge is -2.25. The van der Waals surface area contributed by atoms with Crippen molar-refractivity contribution in [2.75, 3.05) is 6.54 Å². The first-order valence-corrected chi connectivity index (χ1v) is 10.3. The summed E-state index contributed by atoms with van der Waals surface area (Å²) in [4.78, 5) is 37.6. The number of carbonyl (C=O) groups is 2. The molecule has 30 heavy (non-hydrogen) atoms. The Morgan fingerprint density at radius 1 is 1.13 bits per heavy atom. The van der Waals surface area contributed by atoms with Crippen LogP contribution in [-0.2, 0) is 16.8 Å². The minimum absolute atomic E-state index is 0.0129. The fraction of sp³-hybridized carbons (Fsp3) is 0.435. The van der Waals surface area contributed by atoms with Crippen LogP contribution in [0.2, 0.25) is 0 Å². The Morgan fingerprint density at radius 3 is 2.47 bits per heavy atom. The molecule has 6 nitrogen and oxygen atoms in total. The predicted octanol–water partition coefficient (Wildman–Crippen LogP) is 2.75. The molecule has 2 N–H and O–H groups in total. The average molecular weight is 413 g/mol. The van der Waals surface area contributed by atoms with Crippen LogP contribution in [-0.4, -0.2) is 29.0 Å². The summed E-state index contributed by atoms with van der Waals surface area (Å²) in [5.74, 6) is -1.04. The number of rotatable bonds is 7. The fourth-order valence-electron chi connectivity index (χ4n) is 3.73. The van der Waals surface area contributed by atoms with Gasteiger partial charge in [-0.2, -0.15) is 0 Å². The molecular weight excluding hydrogens is 385 g/mol. The SMILES string of the molecule is CC(C)(CNC(=O)c1cccn(CC(=O)NC2CCCC2)c1=O)c1ccc(F)cc1. The van der Waals surface area contributed by atoms with Gasteiger partial charge in [0.15, 0.2) is 0 Å². The van der Waals surface area contributed by atoms with Gasteiger partial charge in [-0.3, -0.25) is 14.4 Å². The number of benzene rings is 1. The van der Waals surface area contributed by atoms with E-state index in [4.69, 9.17) is 0 Å². The molecule has 7 heteroatoms. The third-order valence-electron chi connectivity index (χ3n) is 5.62. The second-order valence-electron chi connectivity index (χ2n) is 8.48. The van der Waals surface area contributed by atoms with Crippen molar-refractivity contribution in [3.63, 3.8) is 0 Å². The molecule has 2 aromatic rings. The number of hydrogen-bond acceptors (Lipinski definition) is 3. The van der Waals surface area contributed by atoms with Crippen LogP contribution in [0.1, 0.15) is 55.5 Å². The van der Waals surface area contributed by atoms with Gasteiger partial charge in [0.25, 0.3) is 11.5 Å². The van der Waals surface area contributed by atoms with Crippen molar-refractivity contribution in [3.8, 4) is 0 Å². The summed E-state index contributed by atoms with van der Waals surface area (Å²) in [7, 11) is 0. The molecule has 1 aromatic carbocycles. The van der Waals surface area contributed by atoms with Crippen LogP contribution in [0.4, 0.5) is 4.39 Å². The Balaban J connectivity index is 1.64. The zero-order valence-corrected chi connectivity index (χ0v) is 17.4. The van der Waals surface area contributed by atoms with E-state index in [1.54, 1.807) is 18.2 Å². The lowest BCUT2D eigenvalue weighted by atomic mass is 9.84. The zero-order chi connectivity index (χ0) is 21.7. The normalized spacial score (nSPS) is 14.5. The average Bonchev–Trinajstić information content (AvgIpc) is 3.21. The predicted molar refractivity (Wildman–Crippen MR) is 113 cm³/mol. The van der Waals surface area contributed by atoms with Gasteiger partial charge in [-0.05, 0) is 42.7 Å². The van der Waals surface area contributed by atoms with Crippen LogP contribution >= 0.6 is 0 Å². The largest absolute Gasteiger partial charge is 0.352 e. The van der Waals surface area contributed by atoms with Gasteiger partial charge in [0.1, 0.15) is 17.9 Å². The van der Waals surface area contributed by atoms with Crippen LogP contribution in [0.3, 0.4) is 0 Å². The number of pyridine rings is 1. The molecule has 0 atom stereocenters. The summed E-state index contributed by atoms with van der Waals surface area (Å²) >= 11 is 0. The van der Waals surface area contributed by atoms with Gasteiger partial charge in [0.2, 0.25) is 5.91 Å². The Hall–Kier alpha value is -2.96. The maximum atomic E-state index is 13.2. The quantitative estimate of drug-likeness (QED) is 0.733. The molecule has 1 aliphatic carbocycles. The Morgan fingerprint density at radius 2 is 1.80 bits per heavy atom. The van der Waals surface area contributed by atoms with Crippen molar-refractivity contribution in [1.29, 1.82) is 0 Å². The van der Waals surface area contributed by atoms with Gasteiger partial charge < -0.3 is 15.2 Å². The van der Waals surface area contributed by atoms with Gasteiger partial charge in [-0.1, -0.05) is 38.8 Å². The molecule has 0 radical (unpaired) electrons. The Kier molecular flexibility index (Phi) is 6.70. The fourth-order valence-corrected chi connectivity index (χ4v) is 3.73.